The molecule has 0 radical (unpaired) electrons. The smallest absolute Gasteiger partial charge is 0.323 e. The van der Waals surface area contributed by atoms with E-state index in [4.69, 9.17) is 4.42 Å². The Labute approximate surface area is 160 Å². The van der Waals surface area contributed by atoms with E-state index in [2.05, 4.69) is 19.9 Å². The van der Waals surface area contributed by atoms with Crippen molar-refractivity contribution in [3.05, 3.63) is 81.9 Å². The molecular formula is C21H20N4O3. The van der Waals surface area contributed by atoms with Gasteiger partial charge in [0.2, 0.25) is 5.91 Å². The number of nitrogens with one attached hydrogen (secondary N) is 3. The van der Waals surface area contributed by atoms with Crippen LogP contribution in [-0.4, -0.2) is 20.4 Å². The fraction of sp³-hybridized carbons (Fsp3) is 0.143. The molecule has 0 aliphatic rings. The van der Waals surface area contributed by atoms with Crippen molar-refractivity contribution in [1.82, 2.24) is 14.5 Å². The maximum absolute atomic E-state index is 12.3. The Kier molecular flexibility index (Phi) is 4.49. The molecule has 0 unspecified atom stereocenters. The van der Waals surface area contributed by atoms with Gasteiger partial charge in [0.25, 0.3) is 0 Å². The number of imidazole rings is 1. The molecule has 3 N–H and O–H groups in total. The Hall–Kier alpha value is -3.74. The number of carbonyl (C=O) groups is 1. The van der Waals surface area contributed by atoms with E-state index in [0.717, 1.165) is 22.7 Å². The van der Waals surface area contributed by atoms with E-state index in [1.807, 2.05) is 32.0 Å². The number of benzene rings is 1. The third-order valence-corrected chi connectivity index (χ3v) is 4.70. The molecule has 0 aliphatic heterocycles. The topological polar surface area (TPSA) is 95.8 Å². The van der Waals surface area contributed by atoms with Crippen LogP contribution in [0.2, 0.25) is 0 Å². The largest absolute Gasteiger partial charge is 0.467 e. The van der Waals surface area contributed by atoms with Crippen molar-refractivity contribution in [3.8, 4) is 0 Å². The maximum atomic E-state index is 12.3. The van der Waals surface area contributed by atoms with Crippen LogP contribution in [0, 0.1) is 13.8 Å². The first-order chi connectivity index (χ1) is 13.5. The fourth-order valence-electron chi connectivity index (χ4n) is 3.26. The minimum atomic E-state index is -0.275. The number of aromatic nitrogens is 3. The van der Waals surface area contributed by atoms with Gasteiger partial charge in [0, 0.05) is 23.2 Å². The quantitative estimate of drug-likeness (QED) is 0.465. The molecule has 142 valence electrons. The van der Waals surface area contributed by atoms with Crippen molar-refractivity contribution in [1.29, 1.82) is 0 Å². The van der Waals surface area contributed by atoms with Crippen LogP contribution in [-0.2, 0) is 11.3 Å². The van der Waals surface area contributed by atoms with Gasteiger partial charge in [-0.2, -0.15) is 0 Å². The van der Waals surface area contributed by atoms with Gasteiger partial charge < -0.3 is 24.3 Å². The number of H-pyrrole nitrogens is 2. The summed E-state index contributed by atoms with van der Waals surface area (Å²) >= 11 is 0. The number of nitrogens with zero attached hydrogens (tertiary/aromatic N) is 1. The highest BCUT2D eigenvalue weighted by Crippen LogP contribution is 2.19. The summed E-state index contributed by atoms with van der Waals surface area (Å²) < 4.78 is 7.57. The second-order valence-corrected chi connectivity index (χ2v) is 6.65. The summed E-state index contributed by atoms with van der Waals surface area (Å²) in [5.74, 6) is 0.640. The van der Waals surface area contributed by atoms with Crippen molar-refractivity contribution < 1.29 is 9.21 Å². The van der Waals surface area contributed by atoms with E-state index in [1.54, 1.807) is 30.5 Å². The van der Waals surface area contributed by atoms with Crippen LogP contribution in [0.5, 0.6) is 0 Å². The second-order valence-electron chi connectivity index (χ2n) is 6.65. The van der Waals surface area contributed by atoms with Gasteiger partial charge in [-0.1, -0.05) is 0 Å². The van der Waals surface area contributed by atoms with E-state index in [-0.39, 0.29) is 11.6 Å². The van der Waals surface area contributed by atoms with Crippen LogP contribution in [0.1, 0.15) is 22.7 Å². The predicted molar refractivity (Wildman–Crippen MR) is 108 cm³/mol. The molecule has 0 atom stereocenters. The molecule has 7 heteroatoms. The van der Waals surface area contributed by atoms with Gasteiger partial charge >= 0.3 is 5.69 Å². The number of aryl methyl sites for hydroxylation is 1. The lowest BCUT2D eigenvalue weighted by molar-refractivity contribution is -0.111. The number of anilines is 1. The third kappa shape index (κ3) is 3.55. The molecule has 3 heterocycles. The van der Waals surface area contributed by atoms with Gasteiger partial charge in [0.05, 0.1) is 23.8 Å². The van der Waals surface area contributed by atoms with Crippen LogP contribution in [0.15, 0.2) is 57.9 Å². The molecule has 4 aromatic rings. The van der Waals surface area contributed by atoms with Crippen molar-refractivity contribution in [2.24, 2.45) is 0 Å². The number of hydrogen-bond acceptors (Lipinski definition) is 3. The summed E-state index contributed by atoms with van der Waals surface area (Å²) in [5.41, 5.74) is 4.81. The van der Waals surface area contributed by atoms with Crippen LogP contribution in [0.25, 0.3) is 17.1 Å². The summed E-state index contributed by atoms with van der Waals surface area (Å²) in [5, 5.41) is 2.81. The summed E-state index contributed by atoms with van der Waals surface area (Å²) in [6.07, 6.45) is 4.96. The highest BCUT2D eigenvalue weighted by atomic mass is 16.3. The molecule has 0 spiro atoms. The summed E-state index contributed by atoms with van der Waals surface area (Å²) in [6.45, 7) is 4.70. The zero-order valence-electron chi connectivity index (χ0n) is 15.6. The first kappa shape index (κ1) is 17.7. The standard InChI is InChI=1S/C21H20N4O3/c1-13-10-15(14(2)25(13)12-17-4-3-9-28-17)5-8-20(26)22-16-6-7-18-19(11-16)24-21(27)23-18/h3-11H,12H2,1-2H3,(H,22,26)(H2,23,24,27)/b8-5+. The van der Waals surface area contributed by atoms with Crippen molar-refractivity contribution in [2.45, 2.75) is 20.4 Å². The van der Waals surface area contributed by atoms with Gasteiger partial charge in [0.15, 0.2) is 0 Å². The zero-order chi connectivity index (χ0) is 19.7. The van der Waals surface area contributed by atoms with Crippen molar-refractivity contribution in [3.63, 3.8) is 0 Å². The van der Waals surface area contributed by atoms with Gasteiger partial charge in [-0.15, -0.1) is 0 Å². The normalized spacial score (nSPS) is 11.5. The second kappa shape index (κ2) is 7.11. The summed E-state index contributed by atoms with van der Waals surface area (Å²) in [6, 6.07) is 11.1. The SMILES string of the molecule is Cc1cc(/C=C/C(=O)Nc2ccc3[nH]c(=O)[nH]c3c2)c(C)n1Cc1ccco1. The number of aromatic amines is 2. The Morgan fingerprint density at radius 2 is 2.00 bits per heavy atom. The predicted octanol–water partition coefficient (Wildman–Crippen LogP) is 3.57. The number of carbonyl (C=O) groups excluding carboxylic acids is 1. The fourth-order valence-corrected chi connectivity index (χ4v) is 3.26. The van der Waals surface area contributed by atoms with E-state index >= 15 is 0 Å². The average Bonchev–Trinajstić information content (AvgIpc) is 3.35. The Morgan fingerprint density at radius 3 is 2.79 bits per heavy atom. The molecule has 0 aliphatic carbocycles. The molecular weight excluding hydrogens is 356 g/mol. The van der Waals surface area contributed by atoms with Crippen molar-refractivity contribution in [2.75, 3.05) is 5.32 Å². The average molecular weight is 376 g/mol. The number of hydrogen-bond donors (Lipinski definition) is 3. The molecule has 1 amide bonds. The Balaban J connectivity index is 1.48. The molecule has 7 nitrogen and oxygen atoms in total. The lowest BCUT2D eigenvalue weighted by atomic mass is 10.2. The third-order valence-electron chi connectivity index (χ3n) is 4.70. The van der Waals surface area contributed by atoms with Gasteiger partial charge in [0.1, 0.15) is 5.76 Å². The summed E-state index contributed by atoms with van der Waals surface area (Å²) in [4.78, 5) is 29.0. The lowest BCUT2D eigenvalue weighted by Crippen LogP contribution is -2.07. The van der Waals surface area contributed by atoms with E-state index in [1.165, 1.54) is 6.08 Å². The van der Waals surface area contributed by atoms with Crippen LogP contribution in [0.4, 0.5) is 5.69 Å². The first-order valence-electron chi connectivity index (χ1n) is 8.90. The number of fused-ring (bicyclic) bond motifs is 1. The van der Waals surface area contributed by atoms with E-state index in [0.29, 0.717) is 23.3 Å². The number of furan rings is 1. The first-order valence-corrected chi connectivity index (χ1v) is 8.90. The molecule has 1 aromatic carbocycles. The van der Waals surface area contributed by atoms with Crippen LogP contribution >= 0.6 is 0 Å². The highest BCUT2D eigenvalue weighted by molar-refractivity contribution is 6.02. The number of amides is 1. The molecule has 0 bridgehead atoms. The molecule has 4 rings (SSSR count). The molecule has 0 saturated carbocycles. The minimum Gasteiger partial charge on any atom is -0.467 e. The molecule has 0 saturated heterocycles. The molecule has 28 heavy (non-hydrogen) atoms. The monoisotopic (exact) mass is 376 g/mol. The van der Waals surface area contributed by atoms with Crippen LogP contribution in [0.3, 0.4) is 0 Å². The van der Waals surface area contributed by atoms with Crippen LogP contribution < -0.4 is 11.0 Å². The maximum Gasteiger partial charge on any atom is 0.323 e. The van der Waals surface area contributed by atoms with E-state index < -0.39 is 0 Å². The van der Waals surface area contributed by atoms with Gasteiger partial charge in [-0.25, -0.2) is 4.79 Å². The molecule has 3 aromatic heterocycles. The minimum absolute atomic E-state index is 0.243. The Morgan fingerprint density at radius 1 is 1.18 bits per heavy atom. The summed E-state index contributed by atoms with van der Waals surface area (Å²) in [7, 11) is 0. The van der Waals surface area contributed by atoms with E-state index in [9.17, 15) is 9.59 Å². The lowest BCUT2D eigenvalue weighted by Gasteiger charge is -2.07. The van der Waals surface area contributed by atoms with Gasteiger partial charge in [-0.3, -0.25) is 4.79 Å². The van der Waals surface area contributed by atoms with Gasteiger partial charge in [-0.05, 0) is 61.9 Å². The number of rotatable bonds is 5. The highest BCUT2D eigenvalue weighted by Gasteiger charge is 2.09. The Bertz CT molecular complexity index is 1220. The van der Waals surface area contributed by atoms with Crippen molar-refractivity contribution >= 4 is 28.7 Å². The zero-order valence-corrected chi connectivity index (χ0v) is 15.6. The molecule has 0 fully saturated rings.